The molecule has 0 heteroatoms. The summed E-state index contributed by atoms with van der Waals surface area (Å²) in [5.74, 6) is 0.495. The molecular formula is C20H32. The first-order chi connectivity index (χ1) is 9.77. The van der Waals surface area contributed by atoms with E-state index >= 15 is 0 Å². The van der Waals surface area contributed by atoms with Crippen molar-refractivity contribution in [3.63, 3.8) is 0 Å². The minimum absolute atomic E-state index is 0.495. The monoisotopic (exact) mass is 272 g/mol. The molecule has 0 N–H and O–H groups in total. The summed E-state index contributed by atoms with van der Waals surface area (Å²) in [6.45, 7) is 14.3. The first kappa shape index (κ1) is 20.8. The zero-order chi connectivity index (χ0) is 15.8. The summed E-state index contributed by atoms with van der Waals surface area (Å²) in [6, 6.07) is 0. The number of hydrogen-bond donors (Lipinski definition) is 0. The summed E-state index contributed by atoms with van der Waals surface area (Å²) in [5, 5.41) is 0. The van der Waals surface area contributed by atoms with Crippen molar-refractivity contribution >= 4 is 0 Å². The summed E-state index contributed by atoms with van der Waals surface area (Å²) in [4.78, 5) is 0. The minimum atomic E-state index is 0.495. The largest absolute Gasteiger partial charge is 0.0877 e. The molecule has 1 unspecified atom stereocenters. The highest BCUT2D eigenvalue weighted by Gasteiger charge is 2.01. The summed E-state index contributed by atoms with van der Waals surface area (Å²) in [7, 11) is 0. The molecule has 0 bridgehead atoms. The van der Waals surface area contributed by atoms with Gasteiger partial charge in [0, 0.05) is 0 Å². The number of rotatable bonds is 3. The maximum absolute atomic E-state index is 2.29. The van der Waals surface area contributed by atoms with E-state index in [1.807, 2.05) is 46.8 Å². The lowest BCUT2D eigenvalue weighted by Gasteiger charge is -2.04. The van der Waals surface area contributed by atoms with Gasteiger partial charge in [-0.25, -0.2) is 0 Å². The molecule has 0 radical (unpaired) electrons. The molecule has 0 amide bonds. The predicted octanol–water partition coefficient (Wildman–Crippen LogP) is 6.81. The van der Waals surface area contributed by atoms with Crippen LogP contribution in [0.25, 0.3) is 0 Å². The maximum Gasteiger partial charge on any atom is -0.00696 e. The van der Waals surface area contributed by atoms with Gasteiger partial charge in [-0.1, -0.05) is 95.4 Å². The molecule has 1 aliphatic rings. The Bertz CT molecular complexity index is 384. The van der Waals surface area contributed by atoms with Gasteiger partial charge in [0.25, 0.3) is 0 Å². The predicted molar refractivity (Wildman–Crippen MR) is 95.9 cm³/mol. The van der Waals surface area contributed by atoms with Crippen LogP contribution in [0.2, 0.25) is 0 Å². The molecule has 1 atom stereocenters. The third kappa shape index (κ3) is 9.38. The van der Waals surface area contributed by atoms with Crippen molar-refractivity contribution in [2.24, 2.45) is 5.92 Å². The quantitative estimate of drug-likeness (QED) is 0.495. The van der Waals surface area contributed by atoms with E-state index in [4.69, 9.17) is 0 Å². The Kier molecular flexibility index (Phi) is 16.1. The summed E-state index contributed by atoms with van der Waals surface area (Å²) < 4.78 is 0. The molecule has 0 saturated carbocycles. The first-order valence-corrected chi connectivity index (χ1v) is 7.80. The van der Waals surface area contributed by atoms with Crippen molar-refractivity contribution in [2.45, 2.75) is 48.5 Å². The molecule has 20 heavy (non-hydrogen) atoms. The number of allylic oxidation sites excluding steroid dienone is 12. The molecule has 0 saturated heterocycles. The second-order valence-corrected chi connectivity index (χ2v) is 3.85. The van der Waals surface area contributed by atoms with Gasteiger partial charge in [0.15, 0.2) is 0 Å². The average Bonchev–Trinajstić information content (AvgIpc) is 2.72. The second kappa shape index (κ2) is 15.5. The van der Waals surface area contributed by atoms with Crippen LogP contribution in [-0.2, 0) is 0 Å². The van der Waals surface area contributed by atoms with Gasteiger partial charge in [-0.2, -0.15) is 0 Å². The van der Waals surface area contributed by atoms with E-state index in [-0.39, 0.29) is 0 Å². The topological polar surface area (TPSA) is 0 Å². The third-order valence-electron chi connectivity index (χ3n) is 2.47. The fourth-order valence-corrected chi connectivity index (χ4v) is 1.61. The van der Waals surface area contributed by atoms with Crippen LogP contribution in [0, 0.1) is 5.92 Å². The lowest BCUT2D eigenvalue weighted by Crippen LogP contribution is -1.87. The molecule has 0 heterocycles. The van der Waals surface area contributed by atoms with Crippen LogP contribution < -0.4 is 0 Å². The summed E-state index contributed by atoms with van der Waals surface area (Å²) >= 11 is 0. The molecule has 0 nitrogen and oxygen atoms in total. The van der Waals surface area contributed by atoms with Crippen molar-refractivity contribution in [2.75, 3.05) is 0 Å². The van der Waals surface area contributed by atoms with E-state index in [0.29, 0.717) is 5.92 Å². The van der Waals surface area contributed by atoms with Crippen LogP contribution >= 0.6 is 0 Å². The van der Waals surface area contributed by atoms with Gasteiger partial charge in [-0.15, -0.1) is 0 Å². The summed E-state index contributed by atoms with van der Waals surface area (Å²) in [6.07, 6.45) is 21.3. The molecule has 112 valence electrons. The molecular weight excluding hydrogens is 240 g/mol. The molecule has 0 fully saturated rings. The van der Waals surface area contributed by atoms with Gasteiger partial charge in [-0.05, 0) is 30.9 Å². The van der Waals surface area contributed by atoms with E-state index in [1.54, 1.807) is 0 Å². The van der Waals surface area contributed by atoms with E-state index in [0.717, 1.165) is 0 Å². The highest BCUT2D eigenvalue weighted by Crippen LogP contribution is 2.19. The van der Waals surface area contributed by atoms with E-state index in [1.165, 1.54) is 11.1 Å². The van der Waals surface area contributed by atoms with Gasteiger partial charge in [-0.3, -0.25) is 0 Å². The third-order valence-corrected chi connectivity index (χ3v) is 2.47. The molecule has 0 aromatic heterocycles. The van der Waals surface area contributed by atoms with Crippen LogP contribution in [0.3, 0.4) is 0 Å². The highest BCUT2D eigenvalue weighted by atomic mass is 14.1. The molecule has 1 aliphatic carbocycles. The van der Waals surface area contributed by atoms with Crippen LogP contribution in [0.15, 0.2) is 71.9 Å². The Morgan fingerprint density at radius 2 is 1.65 bits per heavy atom. The smallest absolute Gasteiger partial charge is 0.00696 e. The Balaban J connectivity index is 0. The van der Waals surface area contributed by atoms with Crippen molar-refractivity contribution in [1.82, 2.24) is 0 Å². The molecule has 0 aliphatic heterocycles. The second-order valence-electron chi connectivity index (χ2n) is 3.85. The molecule has 0 aromatic rings. The van der Waals surface area contributed by atoms with E-state index in [9.17, 15) is 0 Å². The van der Waals surface area contributed by atoms with Crippen LogP contribution in [-0.4, -0.2) is 0 Å². The fourth-order valence-electron chi connectivity index (χ4n) is 1.61. The van der Waals surface area contributed by atoms with Crippen molar-refractivity contribution < 1.29 is 0 Å². The van der Waals surface area contributed by atoms with E-state index in [2.05, 4.69) is 62.5 Å². The molecule has 0 spiro atoms. The normalized spacial score (nSPS) is 18.1. The maximum atomic E-state index is 2.29. The van der Waals surface area contributed by atoms with Crippen LogP contribution in [0.5, 0.6) is 0 Å². The molecule has 1 rings (SSSR count). The van der Waals surface area contributed by atoms with Crippen molar-refractivity contribution in [3.05, 3.63) is 71.9 Å². The lowest BCUT2D eigenvalue weighted by molar-refractivity contribution is 0.936. The standard InChI is InChI=1S/C16H20.2C2H6/c1-4-6-7-11-15(5-2)16-12-9-8-10-14(3)13-16;2*1-2/h4-14H,1-3H3;2*1-2H3/b6-4-,11-7-,15-5+;;. The highest BCUT2D eigenvalue weighted by molar-refractivity contribution is 5.48. The van der Waals surface area contributed by atoms with Crippen molar-refractivity contribution in [3.8, 4) is 0 Å². The zero-order valence-corrected chi connectivity index (χ0v) is 14.4. The van der Waals surface area contributed by atoms with Gasteiger partial charge in [0.05, 0.1) is 0 Å². The summed E-state index contributed by atoms with van der Waals surface area (Å²) in [5.41, 5.74) is 2.56. The van der Waals surface area contributed by atoms with Crippen LogP contribution in [0.4, 0.5) is 0 Å². The Morgan fingerprint density at radius 3 is 2.20 bits per heavy atom. The Labute approximate surface area is 127 Å². The SMILES string of the molecule is CC.CC.C\C=C/C=C\C(=C/C)C1=CC(C)C=CC=C1. The Hall–Kier alpha value is -1.56. The Morgan fingerprint density at radius 1 is 1.00 bits per heavy atom. The zero-order valence-electron chi connectivity index (χ0n) is 14.4. The van der Waals surface area contributed by atoms with E-state index < -0.39 is 0 Å². The van der Waals surface area contributed by atoms with Gasteiger partial charge in [0.1, 0.15) is 0 Å². The van der Waals surface area contributed by atoms with Crippen LogP contribution in [0.1, 0.15) is 48.5 Å². The average molecular weight is 272 g/mol. The fraction of sp³-hybridized carbons (Fsp3) is 0.400. The van der Waals surface area contributed by atoms with Gasteiger partial charge < -0.3 is 0 Å². The van der Waals surface area contributed by atoms with Gasteiger partial charge in [0.2, 0.25) is 0 Å². The van der Waals surface area contributed by atoms with Gasteiger partial charge >= 0.3 is 0 Å². The molecule has 0 aromatic carbocycles. The van der Waals surface area contributed by atoms with Crippen molar-refractivity contribution in [1.29, 1.82) is 0 Å². The minimum Gasteiger partial charge on any atom is -0.0877 e. The number of hydrogen-bond acceptors (Lipinski definition) is 0. The lowest BCUT2D eigenvalue weighted by atomic mass is 10.0. The first-order valence-electron chi connectivity index (χ1n) is 7.80.